The molecular formula is C12H9F3N2O5. The predicted molar refractivity (Wildman–Crippen MR) is 69.3 cm³/mol. The Hall–Kier alpha value is -2.78. The second kappa shape index (κ2) is 5.20. The van der Waals surface area contributed by atoms with Gasteiger partial charge in [-0.1, -0.05) is 0 Å². The molecule has 0 atom stereocenters. The molecule has 1 heterocycles. The molecule has 1 aromatic carbocycles. The molecule has 1 N–H and O–H groups in total. The SMILES string of the molecule is COc1cc2[nH]c(=O)c([N+](=O)[O-])c(C(F)(F)F)c2cc1OC. The van der Waals surface area contributed by atoms with Gasteiger partial charge in [-0.05, 0) is 6.07 Å². The van der Waals surface area contributed by atoms with Gasteiger partial charge >= 0.3 is 17.4 Å². The number of rotatable bonds is 3. The number of aromatic amines is 1. The van der Waals surface area contributed by atoms with Gasteiger partial charge in [0.15, 0.2) is 11.5 Å². The van der Waals surface area contributed by atoms with Crippen molar-refractivity contribution in [3.8, 4) is 11.5 Å². The number of nitrogens with zero attached hydrogens (tertiary/aromatic N) is 1. The van der Waals surface area contributed by atoms with Gasteiger partial charge in [0.1, 0.15) is 5.56 Å². The molecule has 7 nitrogen and oxygen atoms in total. The van der Waals surface area contributed by atoms with E-state index in [1.165, 1.54) is 14.2 Å². The molecule has 0 unspecified atom stereocenters. The minimum absolute atomic E-state index is 0.0538. The third-order valence-corrected chi connectivity index (χ3v) is 2.96. The number of pyridine rings is 1. The predicted octanol–water partition coefficient (Wildman–Crippen LogP) is 2.47. The lowest BCUT2D eigenvalue weighted by Gasteiger charge is -2.13. The summed E-state index contributed by atoms with van der Waals surface area (Å²) in [5.41, 5.74) is -4.89. The van der Waals surface area contributed by atoms with Gasteiger partial charge < -0.3 is 14.5 Å². The summed E-state index contributed by atoms with van der Waals surface area (Å²) in [6, 6.07) is 2.04. The van der Waals surface area contributed by atoms with Crippen molar-refractivity contribution < 1.29 is 27.6 Å². The van der Waals surface area contributed by atoms with Gasteiger partial charge in [0, 0.05) is 11.5 Å². The van der Waals surface area contributed by atoms with Gasteiger partial charge in [0.2, 0.25) is 0 Å². The summed E-state index contributed by atoms with van der Waals surface area (Å²) >= 11 is 0. The standard InChI is InChI=1S/C12H9F3N2O5/c1-21-7-3-5-6(4-8(7)22-2)16-11(18)10(17(19)20)9(5)12(13,14)15/h3-4H,1-2H3,(H,16,18). The van der Waals surface area contributed by atoms with Crippen LogP contribution in [0.3, 0.4) is 0 Å². The number of alkyl halides is 3. The van der Waals surface area contributed by atoms with Crippen molar-refractivity contribution in [1.29, 1.82) is 0 Å². The highest BCUT2D eigenvalue weighted by molar-refractivity contribution is 5.88. The van der Waals surface area contributed by atoms with Crippen molar-refractivity contribution in [3.05, 3.63) is 38.2 Å². The lowest BCUT2D eigenvalue weighted by Crippen LogP contribution is -2.20. The normalized spacial score (nSPS) is 11.5. The van der Waals surface area contributed by atoms with Crippen LogP contribution in [0.5, 0.6) is 11.5 Å². The molecule has 0 fully saturated rings. The van der Waals surface area contributed by atoms with E-state index in [-0.39, 0.29) is 17.0 Å². The molecule has 0 aliphatic heterocycles. The first-order valence-corrected chi connectivity index (χ1v) is 5.74. The van der Waals surface area contributed by atoms with Crippen molar-refractivity contribution in [3.63, 3.8) is 0 Å². The first-order chi connectivity index (χ1) is 10.2. The van der Waals surface area contributed by atoms with Gasteiger partial charge in [0.25, 0.3) is 0 Å². The Morgan fingerprint density at radius 2 is 1.73 bits per heavy atom. The third-order valence-electron chi connectivity index (χ3n) is 2.96. The van der Waals surface area contributed by atoms with Crippen LogP contribution >= 0.6 is 0 Å². The van der Waals surface area contributed by atoms with E-state index in [0.29, 0.717) is 0 Å². The number of nitro groups is 1. The monoisotopic (exact) mass is 318 g/mol. The summed E-state index contributed by atoms with van der Waals surface area (Å²) in [5, 5.41) is 10.3. The maximum absolute atomic E-state index is 13.2. The van der Waals surface area contributed by atoms with Crippen molar-refractivity contribution >= 4 is 16.6 Å². The van der Waals surface area contributed by atoms with Crippen molar-refractivity contribution in [2.24, 2.45) is 0 Å². The fourth-order valence-corrected chi connectivity index (χ4v) is 2.07. The van der Waals surface area contributed by atoms with Crippen LogP contribution in [0.4, 0.5) is 18.9 Å². The molecule has 0 spiro atoms. The van der Waals surface area contributed by atoms with Crippen LogP contribution in [0.25, 0.3) is 10.9 Å². The van der Waals surface area contributed by atoms with Crippen LogP contribution in [0.2, 0.25) is 0 Å². The number of halogens is 3. The smallest absolute Gasteiger partial charge is 0.423 e. The molecule has 0 saturated carbocycles. The molecule has 0 saturated heterocycles. The molecule has 22 heavy (non-hydrogen) atoms. The summed E-state index contributed by atoms with van der Waals surface area (Å²) < 4.78 is 49.4. The highest BCUT2D eigenvalue weighted by Gasteiger charge is 2.42. The van der Waals surface area contributed by atoms with Gasteiger partial charge in [-0.15, -0.1) is 0 Å². The minimum Gasteiger partial charge on any atom is -0.493 e. The Morgan fingerprint density at radius 3 is 2.18 bits per heavy atom. The maximum atomic E-state index is 13.2. The highest BCUT2D eigenvalue weighted by atomic mass is 19.4. The summed E-state index contributed by atoms with van der Waals surface area (Å²) in [4.78, 5) is 23.1. The Morgan fingerprint density at radius 1 is 1.18 bits per heavy atom. The molecule has 118 valence electrons. The van der Waals surface area contributed by atoms with Crippen molar-refractivity contribution in [2.75, 3.05) is 14.2 Å². The highest BCUT2D eigenvalue weighted by Crippen LogP contribution is 2.41. The van der Waals surface area contributed by atoms with E-state index in [0.717, 1.165) is 12.1 Å². The summed E-state index contributed by atoms with van der Waals surface area (Å²) in [6.07, 6.45) is -5.09. The number of ether oxygens (including phenoxy) is 2. The quantitative estimate of drug-likeness (QED) is 0.693. The minimum atomic E-state index is -5.09. The fourth-order valence-electron chi connectivity index (χ4n) is 2.07. The molecule has 10 heteroatoms. The number of aromatic nitrogens is 1. The fraction of sp³-hybridized carbons (Fsp3) is 0.250. The van der Waals surface area contributed by atoms with E-state index in [1.807, 2.05) is 4.98 Å². The summed E-state index contributed by atoms with van der Waals surface area (Å²) in [7, 11) is 2.47. The van der Waals surface area contributed by atoms with E-state index in [1.54, 1.807) is 0 Å². The van der Waals surface area contributed by atoms with E-state index in [2.05, 4.69) is 0 Å². The second-order valence-corrected chi connectivity index (χ2v) is 4.19. The van der Waals surface area contributed by atoms with Crippen molar-refractivity contribution in [1.82, 2.24) is 4.98 Å². The number of fused-ring (bicyclic) bond motifs is 1. The average Bonchev–Trinajstić information content (AvgIpc) is 2.42. The van der Waals surface area contributed by atoms with E-state index < -0.39 is 33.3 Å². The second-order valence-electron chi connectivity index (χ2n) is 4.19. The number of nitrogens with one attached hydrogen (secondary N) is 1. The molecule has 0 amide bonds. The molecule has 2 aromatic rings. The Kier molecular flexibility index (Phi) is 3.69. The lowest BCUT2D eigenvalue weighted by atomic mass is 10.1. The van der Waals surface area contributed by atoms with Gasteiger partial charge in [-0.2, -0.15) is 13.2 Å². The third kappa shape index (κ3) is 2.43. The largest absolute Gasteiger partial charge is 0.493 e. The molecule has 2 rings (SSSR count). The van der Waals surface area contributed by atoms with Gasteiger partial charge in [-0.3, -0.25) is 14.9 Å². The van der Waals surface area contributed by atoms with Crippen LogP contribution in [0.1, 0.15) is 5.56 Å². The van der Waals surface area contributed by atoms with Crippen LogP contribution in [0, 0.1) is 10.1 Å². The molecule has 0 bridgehead atoms. The Bertz CT molecular complexity index is 813. The van der Waals surface area contributed by atoms with Crippen molar-refractivity contribution in [2.45, 2.75) is 6.18 Å². The van der Waals surface area contributed by atoms with Crippen LogP contribution in [-0.4, -0.2) is 24.1 Å². The summed E-state index contributed by atoms with van der Waals surface area (Å²) in [6.45, 7) is 0. The zero-order chi connectivity index (χ0) is 16.7. The zero-order valence-electron chi connectivity index (χ0n) is 11.3. The molecule has 1 aromatic heterocycles. The maximum Gasteiger partial charge on any atom is 0.423 e. The molecule has 0 radical (unpaired) electrons. The number of hydrogen-bond donors (Lipinski definition) is 1. The number of H-pyrrole nitrogens is 1. The Balaban J connectivity index is 3.04. The van der Waals surface area contributed by atoms with E-state index in [4.69, 9.17) is 9.47 Å². The zero-order valence-corrected chi connectivity index (χ0v) is 11.3. The van der Waals surface area contributed by atoms with Gasteiger partial charge in [0.05, 0.1) is 24.7 Å². The van der Waals surface area contributed by atoms with E-state index in [9.17, 15) is 28.1 Å². The first kappa shape index (κ1) is 15.6. The molecule has 0 aliphatic rings. The Labute approximate surface area is 120 Å². The van der Waals surface area contributed by atoms with E-state index >= 15 is 0 Å². The van der Waals surface area contributed by atoms with Crippen LogP contribution in [0.15, 0.2) is 16.9 Å². The lowest BCUT2D eigenvalue weighted by molar-refractivity contribution is -0.389. The van der Waals surface area contributed by atoms with Gasteiger partial charge in [-0.25, -0.2) is 0 Å². The topological polar surface area (TPSA) is 94.5 Å². The summed E-state index contributed by atoms with van der Waals surface area (Å²) in [5.74, 6) is 0.0227. The molecule has 0 aliphatic carbocycles. The average molecular weight is 318 g/mol. The molecular weight excluding hydrogens is 309 g/mol. The number of benzene rings is 1. The van der Waals surface area contributed by atoms with Crippen LogP contribution < -0.4 is 15.0 Å². The van der Waals surface area contributed by atoms with Crippen LogP contribution in [-0.2, 0) is 6.18 Å². The number of methoxy groups -OCH3 is 2. The number of hydrogen-bond acceptors (Lipinski definition) is 5. The first-order valence-electron chi connectivity index (χ1n) is 5.74.